The van der Waals surface area contributed by atoms with Crippen molar-refractivity contribution < 1.29 is 14.1 Å². The molecule has 1 N–H and O–H groups in total. The predicted octanol–water partition coefficient (Wildman–Crippen LogP) is 3.28. The lowest BCUT2D eigenvalue weighted by molar-refractivity contribution is -0.385. The summed E-state index contributed by atoms with van der Waals surface area (Å²) in [6.07, 6.45) is 0. The molecule has 0 saturated heterocycles. The van der Waals surface area contributed by atoms with Crippen molar-refractivity contribution in [2.75, 3.05) is 0 Å². The molecule has 0 fully saturated rings. The van der Waals surface area contributed by atoms with E-state index in [1.54, 1.807) is 0 Å². The summed E-state index contributed by atoms with van der Waals surface area (Å²) in [5, 5.41) is 13.5. The predicted molar refractivity (Wildman–Crippen MR) is 80.1 cm³/mol. The number of hydrogen-bond acceptors (Lipinski definition) is 3. The number of nitrogens with one attached hydrogen (secondary N) is 1. The van der Waals surface area contributed by atoms with Crippen LogP contribution in [0.25, 0.3) is 0 Å². The maximum Gasteiger partial charge on any atom is 0.276 e. The standard InChI is InChI=1S/C16H15FN2O3/c1-10-3-5-12(6-4-10)9-18-16(20)13-7-14(17)11(2)15(8-13)19(21)22/h3-8H,9H2,1-2H3,(H,18,20). The molecule has 2 rings (SSSR count). The SMILES string of the molecule is Cc1ccc(CNC(=O)c2cc(F)c(C)c([N+](=O)[O-])c2)cc1. The van der Waals surface area contributed by atoms with Crippen LogP contribution in [0.5, 0.6) is 0 Å². The van der Waals surface area contributed by atoms with Gasteiger partial charge in [-0.1, -0.05) is 29.8 Å². The van der Waals surface area contributed by atoms with Gasteiger partial charge in [-0.15, -0.1) is 0 Å². The number of amides is 1. The number of carbonyl (C=O) groups is 1. The maximum absolute atomic E-state index is 13.7. The summed E-state index contributed by atoms with van der Waals surface area (Å²) in [6.45, 7) is 3.53. The Morgan fingerprint density at radius 1 is 1.23 bits per heavy atom. The molecular weight excluding hydrogens is 287 g/mol. The van der Waals surface area contributed by atoms with Crippen LogP contribution in [-0.4, -0.2) is 10.8 Å². The number of rotatable bonds is 4. The Bertz CT molecular complexity index is 727. The summed E-state index contributed by atoms with van der Waals surface area (Å²) in [7, 11) is 0. The zero-order chi connectivity index (χ0) is 16.3. The molecule has 1 amide bonds. The number of benzene rings is 2. The van der Waals surface area contributed by atoms with Gasteiger partial charge in [0.15, 0.2) is 0 Å². The Hall–Kier alpha value is -2.76. The number of nitro benzene ring substituents is 1. The van der Waals surface area contributed by atoms with Crippen LogP contribution in [0.4, 0.5) is 10.1 Å². The van der Waals surface area contributed by atoms with E-state index in [1.807, 2.05) is 31.2 Å². The van der Waals surface area contributed by atoms with Gasteiger partial charge in [0.05, 0.1) is 10.5 Å². The second-order valence-electron chi connectivity index (χ2n) is 5.03. The molecule has 22 heavy (non-hydrogen) atoms. The highest BCUT2D eigenvalue weighted by Crippen LogP contribution is 2.22. The van der Waals surface area contributed by atoms with Gasteiger partial charge in [-0.2, -0.15) is 0 Å². The second kappa shape index (κ2) is 6.34. The van der Waals surface area contributed by atoms with Crippen LogP contribution in [-0.2, 0) is 6.54 Å². The van der Waals surface area contributed by atoms with E-state index in [0.717, 1.165) is 23.3 Å². The Morgan fingerprint density at radius 2 is 1.86 bits per heavy atom. The van der Waals surface area contributed by atoms with Crippen molar-refractivity contribution in [3.63, 3.8) is 0 Å². The van der Waals surface area contributed by atoms with Gasteiger partial charge in [0.1, 0.15) is 5.82 Å². The normalized spacial score (nSPS) is 10.3. The number of carbonyl (C=O) groups excluding carboxylic acids is 1. The fraction of sp³-hybridized carbons (Fsp3) is 0.188. The Labute approximate surface area is 126 Å². The van der Waals surface area contributed by atoms with E-state index in [1.165, 1.54) is 6.92 Å². The number of nitrogens with zero attached hydrogens (tertiary/aromatic N) is 1. The van der Waals surface area contributed by atoms with Crippen LogP contribution in [0.15, 0.2) is 36.4 Å². The van der Waals surface area contributed by atoms with Crippen molar-refractivity contribution in [3.8, 4) is 0 Å². The fourth-order valence-electron chi connectivity index (χ4n) is 1.98. The topological polar surface area (TPSA) is 72.2 Å². The third-order valence-corrected chi connectivity index (χ3v) is 3.35. The van der Waals surface area contributed by atoms with Gasteiger partial charge in [0, 0.05) is 18.2 Å². The van der Waals surface area contributed by atoms with Gasteiger partial charge in [0.25, 0.3) is 11.6 Å². The van der Waals surface area contributed by atoms with E-state index in [9.17, 15) is 19.3 Å². The molecule has 6 heteroatoms. The van der Waals surface area contributed by atoms with Crippen LogP contribution in [0.3, 0.4) is 0 Å². The van der Waals surface area contributed by atoms with Crippen LogP contribution >= 0.6 is 0 Å². The minimum absolute atomic E-state index is 0.0677. The molecule has 0 aromatic heterocycles. The lowest BCUT2D eigenvalue weighted by Crippen LogP contribution is -2.23. The fourth-order valence-corrected chi connectivity index (χ4v) is 1.98. The zero-order valence-electron chi connectivity index (χ0n) is 12.2. The lowest BCUT2D eigenvalue weighted by atomic mass is 10.1. The first-order chi connectivity index (χ1) is 10.4. The zero-order valence-corrected chi connectivity index (χ0v) is 12.2. The van der Waals surface area contributed by atoms with Gasteiger partial charge in [-0.25, -0.2) is 4.39 Å². The number of hydrogen-bond donors (Lipinski definition) is 1. The summed E-state index contributed by atoms with van der Waals surface area (Å²) < 4.78 is 13.7. The minimum atomic E-state index is -0.769. The molecule has 0 unspecified atom stereocenters. The Kier molecular flexibility index (Phi) is 4.50. The lowest BCUT2D eigenvalue weighted by Gasteiger charge is -2.07. The van der Waals surface area contributed by atoms with Crippen LogP contribution < -0.4 is 5.32 Å². The van der Waals surface area contributed by atoms with Crippen molar-refractivity contribution in [3.05, 3.63) is 74.6 Å². The minimum Gasteiger partial charge on any atom is -0.348 e. The summed E-state index contributed by atoms with van der Waals surface area (Å²) in [6, 6.07) is 9.66. The second-order valence-corrected chi connectivity index (χ2v) is 5.03. The van der Waals surface area contributed by atoms with Gasteiger partial charge in [0.2, 0.25) is 0 Å². The molecule has 0 aliphatic rings. The van der Waals surface area contributed by atoms with E-state index in [4.69, 9.17) is 0 Å². The van der Waals surface area contributed by atoms with E-state index < -0.39 is 22.3 Å². The molecule has 0 saturated carbocycles. The van der Waals surface area contributed by atoms with Crippen molar-refractivity contribution in [2.45, 2.75) is 20.4 Å². The molecular formula is C16H15FN2O3. The first kappa shape index (κ1) is 15.6. The highest BCUT2D eigenvalue weighted by atomic mass is 19.1. The van der Waals surface area contributed by atoms with Crippen molar-refractivity contribution in [1.29, 1.82) is 0 Å². The Morgan fingerprint density at radius 3 is 2.45 bits per heavy atom. The third kappa shape index (κ3) is 3.46. The molecule has 0 aliphatic heterocycles. The van der Waals surface area contributed by atoms with Crippen LogP contribution in [0.1, 0.15) is 27.0 Å². The molecule has 0 spiro atoms. The summed E-state index contributed by atoms with van der Waals surface area (Å²) >= 11 is 0. The molecule has 0 heterocycles. The average molecular weight is 302 g/mol. The van der Waals surface area contributed by atoms with E-state index in [0.29, 0.717) is 0 Å². The summed E-state index contributed by atoms with van der Waals surface area (Å²) in [5.74, 6) is -1.32. The highest BCUT2D eigenvalue weighted by molar-refractivity contribution is 5.95. The summed E-state index contributed by atoms with van der Waals surface area (Å²) in [5.41, 5.74) is 1.44. The van der Waals surface area contributed by atoms with Crippen molar-refractivity contribution in [2.24, 2.45) is 0 Å². The molecule has 0 aliphatic carbocycles. The summed E-state index contributed by atoms with van der Waals surface area (Å²) in [4.78, 5) is 22.2. The van der Waals surface area contributed by atoms with Gasteiger partial charge >= 0.3 is 0 Å². The molecule has 0 radical (unpaired) electrons. The first-order valence-corrected chi connectivity index (χ1v) is 6.67. The largest absolute Gasteiger partial charge is 0.348 e. The third-order valence-electron chi connectivity index (χ3n) is 3.35. The van der Waals surface area contributed by atoms with Crippen LogP contribution in [0, 0.1) is 29.8 Å². The van der Waals surface area contributed by atoms with Crippen molar-refractivity contribution >= 4 is 11.6 Å². The molecule has 0 bridgehead atoms. The molecule has 5 nitrogen and oxygen atoms in total. The van der Waals surface area contributed by atoms with Crippen LogP contribution in [0.2, 0.25) is 0 Å². The smallest absolute Gasteiger partial charge is 0.276 e. The highest BCUT2D eigenvalue weighted by Gasteiger charge is 2.19. The Balaban J connectivity index is 2.16. The first-order valence-electron chi connectivity index (χ1n) is 6.67. The molecule has 114 valence electrons. The monoisotopic (exact) mass is 302 g/mol. The van der Waals surface area contributed by atoms with Gasteiger partial charge < -0.3 is 5.32 Å². The average Bonchev–Trinajstić information content (AvgIpc) is 2.48. The molecule has 2 aromatic carbocycles. The van der Waals surface area contributed by atoms with Gasteiger partial charge in [-0.3, -0.25) is 14.9 Å². The number of halogens is 1. The number of nitro groups is 1. The van der Waals surface area contributed by atoms with E-state index >= 15 is 0 Å². The number of aryl methyl sites for hydroxylation is 1. The molecule has 2 aromatic rings. The van der Waals surface area contributed by atoms with Gasteiger partial charge in [-0.05, 0) is 25.5 Å². The molecule has 0 atom stereocenters. The maximum atomic E-state index is 13.7. The van der Waals surface area contributed by atoms with E-state index in [-0.39, 0.29) is 17.7 Å². The van der Waals surface area contributed by atoms with E-state index in [2.05, 4.69) is 5.32 Å². The quantitative estimate of drug-likeness (QED) is 0.696. The van der Waals surface area contributed by atoms with Crippen molar-refractivity contribution in [1.82, 2.24) is 5.32 Å².